The van der Waals surface area contributed by atoms with Gasteiger partial charge in [-0.25, -0.2) is 0 Å². The summed E-state index contributed by atoms with van der Waals surface area (Å²) in [5, 5.41) is 0.435. The summed E-state index contributed by atoms with van der Waals surface area (Å²) in [6, 6.07) is 0. The third-order valence-electron chi connectivity index (χ3n) is 3.05. The van der Waals surface area contributed by atoms with Crippen LogP contribution in [0.2, 0.25) is 0 Å². The maximum absolute atomic E-state index is 11.7. The normalized spacial score (nSPS) is 25.5. The molecular formula is C10H16O3S. The fourth-order valence-corrected chi connectivity index (χ4v) is 3.57. The molecule has 0 saturated heterocycles. The quantitative estimate of drug-likeness (QED) is 0.649. The average Bonchev–Trinajstić information content (AvgIpc) is 2.97. The van der Waals surface area contributed by atoms with Crippen molar-refractivity contribution >= 4 is 16.8 Å². The lowest BCUT2D eigenvalue weighted by molar-refractivity contribution is -0.141. The molecular weight excluding hydrogens is 200 g/mol. The van der Waals surface area contributed by atoms with Gasteiger partial charge in [-0.2, -0.15) is 0 Å². The lowest BCUT2D eigenvalue weighted by atomic mass is 10.1. The van der Waals surface area contributed by atoms with E-state index in [2.05, 4.69) is 4.74 Å². The SMILES string of the molecule is COC(=O)CC1(CS(=O)C2CC2)CC1. The molecule has 2 saturated carbocycles. The van der Waals surface area contributed by atoms with Crippen molar-refractivity contribution in [2.24, 2.45) is 5.41 Å². The summed E-state index contributed by atoms with van der Waals surface area (Å²) in [5.41, 5.74) is 0.0422. The molecule has 14 heavy (non-hydrogen) atoms. The molecule has 80 valence electrons. The van der Waals surface area contributed by atoms with Crippen LogP contribution in [0.1, 0.15) is 32.1 Å². The highest BCUT2D eigenvalue weighted by Crippen LogP contribution is 2.50. The Morgan fingerprint density at radius 1 is 1.50 bits per heavy atom. The molecule has 2 fully saturated rings. The lowest BCUT2D eigenvalue weighted by Crippen LogP contribution is -2.19. The van der Waals surface area contributed by atoms with Crippen molar-refractivity contribution in [3.63, 3.8) is 0 Å². The average molecular weight is 216 g/mol. The van der Waals surface area contributed by atoms with Crippen LogP contribution in [0.25, 0.3) is 0 Å². The van der Waals surface area contributed by atoms with E-state index < -0.39 is 10.8 Å². The van der Waals surface area contributed by atoms with Crippen LogP contribution >= 0.6 is 0 Å². The third kappa shape index (κ3) is 2.35. The fraction of sp³-hybridized carbons (Fsp3) is 0.900. The highest BCUT2D eigenvalue weighted by atomic mass is 32.2. The highest BCUT2D eigenvalue weighted by molar-refractivity contribution is 7.86. The first-order valence-corrected chi connectivity index (χ1v) is 6.47. The van der Waals surface area contributed by atoms with Gasteiger partial charge in [-0.3, -0.25) is 9.00 Å². The van der Waals surface area contributed by atoms with Crippen molar-refractivity contribution in [1.82, 2.24) is 0 Å². The van der Waals surface area contributed by atoms with Gasteiger partial charge in [0, 0.05) is 21.8 Å². The zero-order valence-electron chi connectivity index (χ0n) is 8.45. The zero-order valence-corrected chi connectivity index (χ0v) is 9.27. The van der Waals surface area contributed by atoms with Crippen molar-refractivity contribution in [3.05, 3.63) is 0 Å². The van der Waals surface area contributed by atoms with Crippen LogP contribution in [0.15, 0.2) is 0 Å². The molecule has 0 aliphatic heterocycles. The first kappa shape index (κ1) is 10.1. The number of rotatable bonds is 5. The van der Waals surface area contributed by atoms with Crippen molar-refractivity contribution < 1.29 is 13.7 Å². The molecule has 2 aliphatic carbocycles. The summed E-state index contributed by atoms with van der Waals surface area (Å²) in [6.07, 6.45) is 4.77. The Hall–Kier alpha value is -0.380. The Kier molecular flexibility index (Phi) is 2.64. The van der Waals surface area contributed by atoms with Crippen LogP contribution in [-0.4, -0.2) is 28.3 Å². The molecule has 0 aromatic rings. The summed E-state index contributed by atoms with van der Waals surface area (Å²) in [6.45, 7) is 0. The van der Waals surface area contributed by atoms with E-state index in [1.165, 1.54) is 7.11 Å². The second-order valence-corrected chi connectivity index (χ2v) is 6.19. The monoisotopic (exact) mass is 216 g/mol. The smallest absolute Gasteiger partial charge is 0.306 e. The first-order valence-electron chi connectivity index (χ1n) is 5.09. The molecule has 3 nitrogen and oxygen atoms in total. The number of hydrogen-bond acceptors (Lipinski definition) is 3. The summed E-state index contributed by atoms with van der Waals surface area (Å²) < 4.78 is 16.3. The predicted octanol–water partition coefficient (Wildman–Crippen LogP) is 1.24. The molecule has 1 atom stereocenters. The van der Waals surface area contributed by atoms with Crippen LogP contribution in [0.4, 0.5) is 0 Å². The molecule has 0 amide bonds. The minimum Gasteiger partial charge on any atom is -0.469 e. The second kappa shape index (κ2) is 3.65. The molecule has 0 radical (unpaired) electrons. The van der Waals surface area contributed by atoms with Gasteiger partial charge in [0.05, 0.1) is 13.5 Å². The lowest BCUT2D eigenvalue weighted by Gasteiger charge is -2.12. The predicted molar refractivity (Wildman–Crippen MR) is 54.3 cm³/mol. The molecule has 2 aliphatic rings. The number of hydrogen-bond donors (Lipinski definition) is 0. The van der Waals surface area contributed by atoms with E-state index in [9.17, 15) is 9.00 Å². The molecule has 0 spiro atoms. The maximum atomic E-state index is 11.7. The van der Waals surface area contributed by atoms with Gasteiger partial charge >= 0.3 is 5.97 Å². The molecule has 4 heteroatoms. The number of carbonyl (C=O) groups excluding carboxylic acids is 1. The Morgan fingerprint density at radius 3 is 2.57 bits per heavy atom. The Balaban J connectivity index is 1.83. The minimum atomic E-state index is -0.694. The second-order valence-electron chi connectivity index (χ2n) is 4.48. The van der Waals surface area contributed by atoms with E-state index in [-0.39, 0.29) is 11.4 Å². The molecule has 0 N–H and O–H groups in total. The van der Waals surface area contributed by atoms with Gasteiger partial charge in [0.1, 0.15) is 0 Å². The Morgan fingerprint density at radius 2 is 2.14 bits per heavy atom. The third-order valence-corrected chi connectivity index (χ3v) is 5.16. The molecule has 0 bridgehead atoms. The van der Waals surface area contributed by atoms with Gasteiger partial charge in [0.2, 0.25) is 0 Å². The molecule has 0 aromatic heterocycles. The van der Waals surface area contributed by atoms with Gasteiger partial charge < -0.3 is 4.74 Å². The van der Waals surface area contributed by atoms with Crippen LogP contribution in [-0.2, 0) is 20.3 Å². The van der Waals surface area contributed by atoms with Gasteiger partial charge in [-0.05, 0) is 31.1 Å². The summed E-state index contributed by atoms with van der Waals surface area (Å²) in [7, 11) is 0.719. The van der Waals surface area contributed by atoms with Crippen LogP contribution in [0, 0.1) is 5.41 Å². The minimum absolute atomic E-state index is 0.0422. The maximum Gasteiger partial charge on any atom is 0.306 e. The number of ether oxygens (including phenoxy) is 1. The standard InChI is InChI=1S/C10H16O3S/c1-13-9(11)6-10(4-5-10)7-14(12)8-2-3-8/h8H,2-7H2,1H3. The topological polar surface area (TPSA) is 43.4 Å². The number of esters is 1. The summed E-state index contributed by atoms with van der Waals surface area (Å²) >= 11 is 0. The first-order chi connectivity index (χ1) is 6.65. The van der Waals surface area contributed by atoms with E-state index >= 15 is 0 Å². The van der Waals surface area contributed by atoms with Crippen molar-refractivity contribution in [2.75, 3.05) is 12.9 Å². The highest BCUT2D eigenvalue weighted by Gasteiger charge is 2.47. The molecule has 0 aromatic carbocycles. The van der Waals surface area contributed by atoms with Gasteiger partial charge in [-0.15, -0.1) is 0 Å². The molecule has 0 heterocycles. The van der Waals surface area contributed by atoms with E-state index in [1.54, 1.807) is 0 Å². The van der Waals surface area contributed by atoms with Gasteiger partial charge in [0.15, 0.2) is 0 Å². The van der Waals surface area contributed by atoms with E-state index in [0.717, 1.165) is 25.7 Å². The Labute approximate surface area is 86.7 Å². The fourth-order valence-electron chi connectivity index (χ4n) is 1.68. The van der Waals surface area contributed by atoms with Crippen molar-refractivity contribution in [1.29, 1.82) is 0 Å². The van der Waals surface area contributed by atoms with E-state index in [0.29, 0.717) is 17.4 Å². The van der Waals surface area contributed by atoms with Gasteiger partial charge in [-0.1, -0.05) is 0 Å². The zero-order chi connectivity index (χ0) is 10.2. The van der Waals surface area contributed by atoms with Crippen molar-refractivity contribution in [3.8, 4) is 0 Å². The van der Waals surface area contributed by atoms with Crippen LogP contribution in [0.3, 0.4) is 0 Å². The van der Waals surface area contributed by atoms with Crippen molar-refractivity contribution in [2.45, 2.75) is 37.4 Å². The van der Waals surface area contributed by atoms with E-state index in [1.807, 2.05) is 0 Å². The van der Waals surface area contributed by atoms with Gasteiger partial charge in [0.25, 0.3) is 0 Å². The Bertz CT molecular complexity index is 267. The molecule has 2 rings (SSSR count). The molecule has 1 unspecified atom stereocenters. The summed E-state index contributed by atoms with van der Waals surface area (Å²) in [4.78, 5) is 11.1. The number of carbonyl (C=O) groups is 1. The van der Waals surface area contributed by atoms with E-state index in [4.69, 9.17) is 0 Å². The van der Waals surface area contributed by atoms with Crippen LogP contribution in [0.5, 0.6) is 0 Å². The summed E-state index contributed by atoms with van der Waals surface area (Å²) in [5.74, 6) is 0.558. The van der Waals surface area contributed by atoms with Crippen LogP contribution < -0.4 is 0 Å². The number of methoxy groups -OCH3 is 1. The largest absolute Gasteiger partial charge is 0.469 e.